The Morgan fingerprint density at radius 1 is 0.852 bits per heavy atom. The molecule has 0 N–H and O–H groups in total. The molecule has 0 spiro atoms. The summed E-state index contributed by atoms with van der Waals surface area (Å²) in [5.41, 5.74) is 0.236. The fourth-order valence-electron chi connectivity index (χ4n) is 2.66. The standard InChI is InChI=1S/C22H25FO4/c1-2-3-4-5-6-9-15-26-21(24)19-13-7-8-14-20(19)22(25)27-18-12-10-11-17(23)16-18/h7-8,10-14,16H,2-6,9,15H2,1H3. The van der Waals surface area contributed by atoms with E-state index in [1.54, 1.807) is 12.1 Å². The molecule has 4 nitrogen and oxygen atoms in total. The maximum absolute atomic E-state index is 13.2. The van der Waals surface area contributed by atoms with Crippen molar-refractivity contribution in [2.24, 2.45) is 0 Å². The van der Waals surface area contributed by atoms with Gasteiger partial charge in [0, 0.05) is 6.07 Å². The molecule has 0 aliphatic heterocycles. The smallest absolute Gasteiger partial charge is 0.344 e. The first-order valence-electron chi connectivity index (χ1n) is 9.35. The van der Waals surface area contributed by atoms with Crippen molar-refractivity contribution in [3.05, 3.63) is 65.5 Å². The van der Waals surface area contributed by atoms with Gasteiger partial charge in [0.25, 0.3) is 0 Å². The summed E-state index contributed by atoms with van der Waals surface area (Å²) in [4.78, 5) is 24.7. The largest absolute Gasteiger partial charge is 0.462 e. The van der Waals surface area contributed by atoms with E-state index in [0.29, 0.717) is 6.61 Å². The average Bonchev–Trinajstić information content (AvgIpc) is 2.67. The van der Waals surface area contributed by atoms with Gasteiger partial charge in [0.15, 0.2) is 0 Å². The molecule has 27 heavy (non-hydrogen) atoms. The van der Waals surface area contributed by atoms with Crippen LogP contribution < -0.4 is 4.74 Å². The van der Waals surface area contributed by atoms with Crippen molar-refractivity contribution in [1.29, 1.82) is 0 Å². The molecule has 2 aromatic rings. The third-order valence-electron chi connectivity index (χ3n) is 4.10. The summed E-state index contributed by atoms with van der Waals surface area (Å²) in [6.45, 7) is 2.48. The summed E-state index contributed by atoms with van der Waals surface area (Å²) in [6.07, 6.45) is 6.54. The molecule has 0 bridgehead atoms. The highest BCUT2D eigenvalue weighted by atomic mass is 19.1. The van der Waals surface area contributed by atoms with Gasteiger partial charge in [0.1, 0.15) is 11.6 Å². The Morgan fingerprint density at radius 3 is 2.22 bits per heavy atom. The average molecular weight is 372 g/mol. The second-order valence-corrected chi connectivity index (χ2v) is 6.30. The molecule has 0 aliphatic carbocycles. The van der Waals surface area contributed by atoms with E-state index in [9.17, 15) is 14.0 Å². The van der Waals surface area contributed by atoms with Gasteiger partial charge in [-0.15, -0.1) is 0 Å². The van der Waals surface area contributed by atoms with Gasteiger partial charge in [-0.1, -0.05) is 57.2 Å². The number of unbranched alkanes of at least 4 members (excludes halogenated alkanes) is 5. The molecular weight excluding hydrogens is 347 g/mol. The van der Waals surface area contributed by atoms with E-state index < -0.39 is 17.8 Å². The van der Waals surface area contributed by atoms with Crippen LogP contribution in [0, 0.1) is 5.82 Å². The van der Waals surface area contributed by atoms with E-state index in [4.69, 9.17) is 9.47 Å². The molecule has 0 saturated heterocycles. The lowest BCUT2D eigenvalue weighted by Crippen LogP contribution is -2.16. The molecule has 144 valence electrons. The predicted molar refractivity (Wildman–Crippen MR) is 101 cm³/mol. The van der Waals surface area contributed by atoms with Gasteiger partial charge in [-0.25, -0.2) is 14.0 Å². The molecule has 0 amide bonds. The maximum Gasteiger partial charge on any atom is 0.344 e. The Bertz CT molecular complexity index is 757. The van der Waals surface area contributed by atoms with Gasteiger partial charge < -0.3 is 9.47 Å². The highest BCUT2D eigenvalue weighted by Crippen LogP contribution is 2.17. The SMILES string of the molecule is CCCCCCCCOC(=O)c1ccccc1C(=O)Oc1cccc(F)c1. The van der Waals surface area contributed by atoms with E-state index in [0.717, 1.165) is 25.3 Å². The topological polar surface area (TPSA) is 52.6 Å². The molecule has 0 aliphatic rings. The molecule has 0 saturated carbocycles. The summed E-state index contributed by atoms with van der Waals surface area (Å²) < 4.78 is 23.7. The van der Waals surface area contributed by atoms with Crippen molar-refractivity contribution in [3.63, 3.8) is 0 Å². The second-order valence-electron chi connectivity index (χ2n) is 6.30. The summed E-state index contributed by atoms with van der Waals surface area (Å²) in [7, 11) is 0. The van der Waals surface area contributed by atoms with Crippen molar-refractivity contribution < 1.29 is 23.5 Å². The van der Waals surface area contributed by atoms with Crippen LogP contribution in [0.4, 0.5) is 4.39 Å². The molecule has 5 heteroatoms. The molecule has 2 aromatic carbocycles. The van der Waals surface area contributed by atoms with Crippen molar-refractivity contribution in [3.8, 4) is 5.75 Å². The Labute approximate surface area is 159 Å². The molecule has 0 aromatic heterocycles. The van der Waals surface area contributed by atoms with Crippen LogP contribution in [-0.2, 0) is 4.74 Å². The monoisotopic (exact) mass is 372 g/mol. The first-order chi connectivity index (χ1) is 13.1. The van der Waals surface area contributed by atoms with Gasteiger partial charge in [-0.3, -0.25) is 0 Å². The van der Waals surface area contributed by atoms with Gasteiger partial charge in [-0.05, 0) is 30.7 Å². The van der Waals surface area contributed by atoms with E-state index in [-0.39, 0.29) is 16.9 Å². The molecule has 0 atom stereocenters. The second kappa shape index (κ2) is 11.1. The summed E-state index contributed by atoms with van der Waals surface area (Å²) in [5.74, 6) is -1.72. The van der Waals surface area contributed by atoms with Crippen molar-refractivity contribution in [2.45, 2.75) is 45.4 Å². The summed E-state index contributed by atoms with van der Waals surface area (Å²) in [5, 5.41) is 0. The van der Waals surface area contributed by atoms with Gasteiger partial charge in [-0.2, -0.15) is 0 Å². The van der Waals surface area contributed by atoms with Gasteiger partial charge in [0.2, 0.25) is 0 Å². The fraction of sp³-hybridized carbons (Fsp3) is 0.364. The molecule has 0 radical (unpaired) electrons. The first-order valence-corrected chi connectivity index (χ1v) is 9.35. The summed E-state index contributed by atoms with van der Waals surface area (Å²) in [6, 6.07) is 11.6. The predicted octanol–water partition coefficient (Wildman–Crippen LogP) is 5.56. The molecule has 0 heterocycles. The number of ether oxygens (including phenoxy) is 2. The Kier molecular flexibility index (Phi) is 8.49. The molecular formula is C22H25FO4. The van der Waals surface area contributed by atoms with Crippen LogP contribution in [0.15, 0.2) is 48.5 Å². The minimum atomic E-state index is -0.729. The van der Waals surface area contributed by atoms with Gasteiger partial charge in [0.05, 0.1) is 17.7 Å². The lowest BCUT2D eigenvalue weighted by atomic mass is 10.1. The lowest BCUT2D eigenvalue weighted by Gasteiger charge is -2.10. The number of hydrogen-bond acceptors (Lipinski definition) is 4. The Morgan fingerprint density at radius 2 is 1.52 bits per heavy atom. The number of halogens is 1. The highest BCUT2D eigenvalue weighted by Gasteiger charge is 2.19. The Balaban J connectivity index is 1.92. The zero-order chi connectivity index (χ0) is 19.5. The molecule has 0 fully saturated rings. The summed E-state index contributed by atoms with van der Waals surface area (Å²) >= 11 is 0. The zero-order valence-electron chi connectivity index (χ0n) is 15.6. The minimum Gasteiger partial charge on any atom is -0.462 e. The highest BCUT2D eigenvalue weighted by molar-refractivity contribution is 6.03. The van der Waals surface area contributed by atoms with Crippen molar-refractivity contribution >= 4 is 11.9 Å². The van der Waals surface area contributed by atoms with Crippen LogP contribution in [0.5, 0.6) is 5.75 Å². The number of esters is 2. The normalized spacial score (nSPS) is 10.4. The van der Waals surface area contributed by atoms with Crippen molar-refractivity contribution in [2.75, 3.05) is 6.61 Å². The van der Waals surface area contributed by atoms with Gasteiger partial charge >= 0.3 is 11.9 Å². The Hall–Kier alpha value is -2.69. The molecule has 2 rings (SSSR count). The van der Waals surface area contributed by atoms with E-state index in [1.165, 1.54) is 49.6 Å². The first kappa shape index (κ1) is 20.6. The zero-order valence-corrected chi connectivity index (χ0v) is 15.6. The fourth-order valence-corrected chi connectivity index (χ4v) is 2.66. The number of benzene rings is 2. The third kappa shape index (κ3) is 6.85. The quantitative estimate of drug-likeness (QED) is 0.311. The van der Waals surface area contributed by atoms with E-state index >= 15 is 0 Å². The number of carbonyl (C=O) groups is 2. The van der Waals surface area contributed by atoms with E-state index in [1.807, 2.05) is 0 Å². The van der Waals surface area contributed by atoms with Crippen molar-refractivity contribution in [1.82, 2.24) is 0 Å². The van der Waals surface area contributed by atoms with Crippen LogP contribution in [-0.4, -0.2) is 18.5 Å². The number of rotatable bonds is 10. The van der Waals surface area contributed by atoms with Crippen LogP contribution in [0.2, 0.25) is 0 Å². The maximum atomic E-state index is 13.2. The van der Waals surface area contributed by atoms with Crippen LogP contribution in [0.3, 0.4) is 0 Å². The number of hydrogen-bond donors (Lipinski definition) is 0. The third-order valence-corrected chi connectivity index (χ3v) is 4.10. The van der Waals surface area contributed by atoms with Crippen LogP contribution >= 0.6 is 0 Å². The van der Waals surface area contributed by atoms with Crippen LogP contribution in [0.1, 0.15) is 66.2 Å². The lowest BCUT2D eigenvalue weighted by molar-refractivity contribution is 0.0489. The van der Waals surface area contributed by atoms with E-state index in [2.05, 4.69) is 6.92 Å². The minimum absolute atomic E-state index is 0.0789. The van der Waals surface area contributed by atoms with Crippen LogP contribution in [0.25, 0.3) is 0 Å². The number of carbonyl (C=O) groups excluding carboxylic acids is 2. The molecule has 0 unspecified atom stereocenters.